The van der Waals surface area contributed by atoms with Crippen LogP contribution in [0.15, 0.2) is 36.4 Å². The number of hydrogen-bond donors (Lipinski definition) is 1. The number of rotatable bonds is 3. The van der Waals surface area contributed by atoms with Crippen molar-refractivity contribution in [2.75, 3.05) is 5.32 Å². The van der Waals surface area contributed by atoms with Crippen LogP contribution in [0.4, 0.5) is 5.69 Å². The summed E-state index contributed by atoms with van der Waals surface area (Å²) in [5.41, 5.74) is 2.62. The molecular formula is C19H15Cl2N3O2. The van der Waals surface area contributed by atoms with E-state index in [2.05, 4.69) is 10.3 Å². The Hall–Kier alpha value is -2.37. The van der Waals surface area contributed by atoms with Crippen LogP contribution in [0.25, 0.3) is 10.9 Å². The number of carbonyl (C=O) groups excluding carboxylic acids is 2. The van der Waals surface area contributed by atoms with E-state index in [1.807, 2.05) is 25.1 Å². The smallest absolute Gasteiger partial charge is 0.262 e. The van der Waals surface area contributed by atoms with Gasteiger partial charge in [-0.1, -0.05) is 23.2 Å². The normalized spacial score (nSPS) is 13.8. The van der Waals surface area contributed by atoms with Crippen molar-refractivity contribution in [2.45, 2.75) is 19.8 Å². The molecule has 1 aliphatic carbocycles. The Morgan fingerprint density at radius 1 is 1.12 bits per heavy atom. The monoisotopic (exact) mass is 387 g/mol. The lowest BCUT2D eigenvalue weighted by Gasteiger charge is -2.09. The van der Waals surface area contributed by atoms with Gasteiger partial charge in [0, 0.05) is 28.2 Å². The molecule has 0 atom stereocenters. The van der Waals surface area contributed by atoms with Crippen LogP contribution in [-0.2, 0) is 4.79 Å². The summed E-state index contributed by atoms with van der Waals surface area (Å²) in [4.78, 5) is 28.8. The Balaban J connectivity index is 1.71. The number of fused-ring (bicyclic) bond motifs is 1. The predicted octanol–water partition coefficient (Wildman–Crippen LogP) is 4.69. The third kappa shape index (κ3) is 3.20. The van der Waals surface area contributed by atoms with Crippen molar-refractivity contribution in [3.05, 3.63) is 58.0 Å². The van der Waals surface area contributed by atoms with Gasteiger partial charge in [0.25, 0.3) is 5.91 Å². The van der Waals surface area contributed by atoms with Gasteiger partial charge < -0.3 is 5.32 Å². The highest BCUT2D eigenvalue weighted by atomic mass is 35.5. The number of aryl methyl sites for hydroxylation is 1. The number of nitrogens with zero attached hydrogens (tertiary/aromatic N) is 2. The number of nitrogens with one attached hydrogen (secondary N) is 1. The second-order valence-corrected chi connectivity index (χ2v) is 7.24. The Kier molecular flexibility index (Phi) is 4.21. The highest BCUT2D eigenvalue weighted by Gasteiger charge is 2.29. The Morgan fingerprint density at radius 3 is 2.46 bits per heavy atom. The quantitative estimate of drug-likeness (QED) is 0.663. The molecule has 7 heteroatoms. The molecule has 2 aromatic heterocycles. The van der Waals surface area contributed by atoms with Gasteiger partial charge in [-0.2, -0.15) is 0 Å². The fourth-order valence-corrected chi connectivity index (χ4v) is 3.47. The lowest BCUT2D eigenvalue weighted by molar-refractivity contribution is -0.117. The van der Waals surface area contributed by atoms with E-state index in [-0.39, 0.29) is 28.0 Å². The number of pyridine rings is 1. The first-order valence-electron chi connectivity index (χ1n) is 8.23. The number of halogens is 2. The van der Waals surface area contributed by atoms with Crippen molar-refractivity contribution in [3.8, 4) is 0 Å². The van der Waals surface area contributed by atoms with Crippen molar-refractivity contribution in [2.24, 2.45) is 5.92 Å². The zero-order valence-corrected chi connectivity index (χ0v) is 15.4. The first kappa shape index (κ1) is 17.1. The maximum Gasteiger partial charge on any atom is 0.262 e. The summed E-state index contributed by atoms with van der Waals surface area (Å²) in [6, 6.07) is 10.4. The van der Waals surface area contributed by atoms with Crippen molar-refractivity contribution in [1.82, 2.24) is 9.55 Å². The molecule has 0 aliphatic heterocycles. The Bertz CT molecular complexity index is 1030. The van der Waals surface area contributed by atoms with Crippen LogP contribution in [0.1, 0.15) is 28.9 Å². The van der Waals surface area contributed by atoms with Gasteiger partial charge in [-0.3, -0.25) is 14.2 Å². The molecule has 0 bridgehead atoms. The van der Waals surface area contributed by atoms with E-state index >= 15 is 0 Å². The van der Waals surface area contributed by atoms with Crippen LogP contribution in [0, 0.1) is 12.8 Å². The summed E-state index contributed by atoms with van der Waals surface area (Å²) in [6.45, 7) is 1.85. The first-order valence-corrected chi connectivity index (χ1v) is 8.99. The van der Waals surface area contributed by atoms with Gasteiger partial charge in [-0.05, 0) is 56.2 Å². The summed E-state index contributed by atoms with van der Waals surface area (Å²) < 4.78 is 1.60. The molecule has 2 heterocycles. The van der Waals surface area contributed by atoms with Gasteiger partial charge in [-0.15, -0.1) is 0 Å². The lowest BCUT2D eigenvalue weighted by Crippen LogP contribution is -2.14. The maximum atomic E-state index is 13.0. The van der Waals surface area contributed by atoms with E-state index in [0.29, 0.717) is 5.56 Å². The number of hydrogen-bond acceptors (Lipinski definition) is 3. The zero-order valence-electron chi connectivity index (χ0n) is 13.9. The van der Waals surface area contributed by atoms with E-state index in [1.54, 1.807) is 10.6 Å². The first-order chi connectivity index (χ1) is 12.4. The van der Waals surface area contributed by atoms with Crippen molar-refractivity contribution >= 4 is 51.6 Å². The second-order valence-electron chi connectivity index (χ2n) is 6.46. The van der Waals surface area contributed by atoms with E-state index in [1.165, 1.54) is 12.1 Å². The molecule has 5 nitrogen and oxygen atoms in total. The molecule has 0 radical (unpaired) electrons. The average Bonchev–Trinajstić information content (AvgIpc) is 3.36. The number of carbonyl (C=O) groups is 2. The minimum atomic E-state index is -0.238. The molecule has 0 unspecified atom stereocenters. The van der Waals surface area contributed by atoms with Crippen LogP contribution < -0.4 is 5.32 Å². The third-order valence-electron chi connectivity index (χ3n) is 4.41. The largest absolute Gasteiger partial charge is 0.326 e. The summed E-state index contributed by atoms with van der Waals surface area (Å²) in [5.74, 6) is -0.0455. The van der Waals surface area contributed by atoms with E-state index < -0.39 is 0 Å². The fraction of sp³-hybridized carbons (Fsp3) is 0.211. The SMILES string of the molecule is Cc1cc2cc(NC(=O)C3CC3)ccc2n1C(=O)c1cc(Cl)nc(Cl)c1. The molecule has 1 aromatic carbocycles. The van der Waals surface area contributed by atoms with Gasteiger partial charge >= 0.3 is 0 Å². The summed E-state index contributed by atoms with van der Waals surface area (Å²) in [5, 5.41) is 4.13. The zero-order chi connectivity index (χ0) is 18.4. The molecule has 3 aromatic rings. The second kappa shape index (κ2) is 6.41. The molecule has 4 rings (SSSR count). The minimum Gasteiger partial charge on any atom is -0.326 e. The number of benzene rings is 1. The Labute approximate surface area is 159 Å². The van der Waals surface area contributed by atoms with Crippen LogP contribution in [-0.4, -0.2) is 21.4 Å². The highest BCUT2D eigenvalue weighted by molar-refractivity contribution is 6.33. The predicted molar refractivity (Wildman–Crippen MR) is 102 cm³/mol. The molecule has 1 aliphatic rings. The third-order valence-corrected chi connectivity index (χ3v) is 4.80. The van der Waals surface area contributed by atoms with Crippen molar-refractivity contribution in [3.63, 3.8) is 0 Å². The van der Waals surface area contributed by atoms with E-state index in [4.69, 9.17) is 23.2 Å². The maximum absolute atomic E-state index is 13.0. The number of aromatic nitrogens is 2. The summed E-state index contributed by atoms with van der Waals surface area (Å²) in [7, 11) is 0. The topological polar surface area (TPSA) is 64.0 Å². The van der Waals surface area contributed by atoms with Crippen LogP contribution in [0.5, 0.6) is 0 Å². The molecular weight excluding hydrogens is 373 g/mol. The van der Waals surface area contributed by atoms with Gasteiger partial charge in [0.05, 0.1) is 5.52 Å². The molecule has 0 spiro atoms. The van der Waals surface area contributed by atoms with E-state index in [9.17, 15) is 9.59 Å². The van der Waals surface area contributed by atoms with Gasteiger partial charge in [-0.25, -0.2) is 4.98 Å². The van der Waals surface area contributed by atoms with Gasteiger partial charge in [0.15, 0.2) is 0 Å². The molecule has 1 fully saturated rings. The van der Waals surface area contributed by atoms with Crippen LogP contribution >= 0.6 is 23.2 Å². The number of amides is 1. The van der Waals surface area contributed by atoms with Crippen molar-refractivity contribution < 1.29 is 9.59 Å². The minimum absolute atomic E-state index is 0.0534. The molecule has 1 amide bonds. The van der Waals surface area contributed by atoms with Gasteiger partial charge in [0.1, 0.15) is 10.3 Å². The lowest BCUT2D eigenvalue weighted by atomic mass is 10.2. The summed E-state index contributed by atoms with van der Waals surface area (Å²) >= 11 is 11.8. The van der Waals surface area contributed by atoms with Gasteiger partial charge in [0.2, 0.25) is 5.91 Å². The standard InChI is InChI=1S/C19H15Cl2N3O2/c1-10-6-12-7-14(22-18(25)11-2-3-11)4-5-15(12)24(10)19(26)13-8-16(20)23-17(21)9-13/h4-9,11H,2-3H2,1H3,(H,22,25). The summed E-state index contributed by atoms with van der Waals surface area (Å²) in [6.07, 6.45) is 1.91. The molecule has 132 valence electrons. The average molecular weight is 388 g/mol. The molecule has 0 saturated heterocycles. The molecule has 26 heavy (non-hydrogen) atoms. The van der Waals surface area contributed by atoms with Crippen LogP contribution in [0.2, 0.25) is 10.3 Å². The molecule has 1 N–H and O–H groups in total. The Morgan fingerprint density at radius 2 is 1.81 bits per heavy atom. The fourth-order valence-electron chi connectivity index (χ4n) is 3.01. The van der Waals surface area contributed by atoms with Crippen molar-refractivity contribution in [1.29, 1.82) is 0 Å². The number of anilines is 1. The van der Waals surface area contributed by atoms with Crippen LogP contribution in [0.3, 0.4) is 0 Å². The van der Waals surface area contributed by atoms with E-state index in [0.717, 1.165) is 35.1 Å². The molecule has 1 saturated carbocycles. The highest BCUT2D eigenvalue weighted by Crippen LogP contribution is 2.31.